The van der Waals surface area contributed by atoms with E-state index in [1.165, 1.54) is 3.57 Å². The number of benzene rings is 1. The molecular weight excluding hydrogens is 365 g/mol. The first-order chi connectivity index (χ1) is 9.54. The van der Waals surface area contributed by atoms with Crippen molar-refractivity contribution in [3.8, 4) is 0 Å². The molecule has 0 aliphatic heterocycles. The Labute approximate surface area is 133 Å². The Morgan fingerprint density at radius 3 is 2.65 bits per heavy atom. The number of nitrogens with zero attached hydrogens (tertiary/aromatic N) is 3. The first kappa shape index (κ1) is 15.0. The van der Waals surface area contributed by atoms with E-state index in [0.29, 0.717) is 12.2 Å². The zero-order valence-corrected chi connectivity index (χ0v) is 14.0. The number of aromatic nitrogens is 2. The first-order valence-electron chi connectivity index (χ1n) is 6.57. The molecule has 2 rings (SSSR count). The number of imidazole rings is 1. The highest BCUT2D eigenvalue weighted by Crippen LogP contribution is 2.21. The molecule has 0 aliphatic carbocycles. The number of carbonyl (C=O) groups excluding carboxylic acids is 1. The van der Waals surface area contributed by atoms with Crippen LogP contribution >= 0.6 is 22.6 Å². The molecule has 1 heterocycles. The normalized spacial score (nSPS) is 12.2. The molecule has 1 unspecified atom stereocenters. The molecule has 2 aromatic rings. The van der Waals surface area contributed by atoms with Gasteiger partial charge in [-0.15, -0.1) is 0 Å². The lowest BCUT2D eigenvalue weighted by molar-refractivity contribution is 0.0790. The monoisotopic (exact) mass is 383 g/mol. The summed E-state index contributed by atoms with van der Waals surface area (Å²) in [4.78, 5) is 18.1. The van der Waals surface area contributed by atoms with Crippen molar-refractivity contribution in [1.82, 2.24) is 14.5 Å². The lowest BCUT2D eigenvalue weighted by Crippen LogP contribution is -2.29. The molecule has 1 aromatic heterocycles. The standard InChI is InChI=1S/C15H18IN3O/c1-4-18(3)15(20)14-9-17-10-19(14)11(2)12-5-7-13(16)8-6-12/h5-11H,4H2,1-3H3. The largest absolute Gasteiger partial charge is 0.341 e. The van der Waals surface area contributed by atoms with E-state index in [0.717, 1.165) is 5.56 Å². The smallest absolute Gasteiger partial charge is 0.271 e. The minimum absolute atomic E-state index is 0.00219. The van der Waals surface area contributed by atoms with Gasteiger partial charge < -0.3 is 9.47 Å². The summed E-state index contributed by atoms with van der Waals surface area (Å²) in [6, 6.07) is 8.40. The van der Waals surface area contributed by atoms with Crippen LogP contribution in [0.25, 0.3) is 0 Å². The number of hydrogen-bond donors (Lipinski definition) is 0. The first-order valence-corrected chi connectivity index (χ1v) is 7.65. The summed E-state index contributed by atoms with van der Waals surface area (Å²) >= 11 is 2.28. The van der Waals surface area contributed by atoms with Crippen LogP contribution in [0.3, 0.4) is 0 Å². The second-order valence-electron chi connectivity index (χ2n) is 4.73. The van der Waals surface area contributed by atoms with Crippen molar-refractivity contribution in [2.45, 2.75) is 19.9 Å². The van der Waals surface area contributed by atoms with Crippen molar-refractivity contribution in [1.29, 1.82) is 0 Å². The topological polar surface area (TPSA) is 38.1 Å². The third-order valence-electron chi connectivity index (χ3n) is 3.48. The third kappa shape index (κ3) is 3.03. The van der Waals surface area contributed by atoms with E-state index >= 15 is 0 Å². The SMILES string of the molecule is CCN(C)C(=O)c1cncn1C(C)c1ccc(I)cc1. The summed E-state index contributed by atoms with van der Waals surface area (Å²) < 4.78 is 3.13. The predicted molar refractivity (Wildman–Crippen MR) is 87.8 cm³/mol. The number of halogens is 1. The maximum atomic E-state index is 12.3. The van der Waals surface area contributed by atoms with E-state index in [4.69, 9.17) is 0 Å². The summed E-state index contributed by atoms with van der Waals surface area (Å²) in [6.07, 6.45) is 3.36. The van der Waals surface area contributed by atoms with Crippen LogP contribution in [-0.2, 0) is 0 Å². The Balaban J connectivity index is 2.32. The Bertz CT molecular complexity index is 591. The van der Waals surface area contributed by atoms with Crippen molar-refractivity contribution in [3.63, 3.8) is 0 Å². The van der Waals surface area contributed by atoms with Crippen molar-refractivity contribution in [2.24, 2.45) is 0 Å². The molecule has 1 aromatic carbocycles. The van der Waals surface area contributed by atoms with Gasteiger partial charge in [0, 0.05) is 17.2 Å². The third-order valence-corrected chi connectivity index (χ3v) is 4.20. The van der Waals surface area contributed by atoms with Crippen molar-refractivity contribution in [3.05, 3.63) is 51.6 Å². The highest BCUT2D eigenvalue weighted by molar-refractivity contribution is 14.1. The molecule has 20 heavy (non-hydrogen) atoms. The van der Waals surface area contributed by atoms with Gasteiger partial charge in [-0.3, -0.25) is 4.79 Å². The van der Waals surface area contributed by atoms with Crippen molar-refractivity contribution < 1.29 is 4.79 Å². The van der Waals surface area contributed by atoms with E-state index < -0.39 is 0 Å². The molecule has 0 aliphatic rings. The van der Waals surface area contributed by atoms with Crippen LogP contribution in [0.1, 0.15) is 35.9 Å². The van der Waals surface area contributed by atoms with Crippen molar-refractivity contribution in [2.75, 3.05) is 13.6 Å². The van der Waals surface area contributed by atoms with E-state index in [1.807, 2.05) is 11.5 Å². The van der Waals surface area contributed by atoms with Gasteiger partial charge in [0.05, 0.1) is 18.6 Å². The molecule has 106 valence electrons. The molecule has 0 saturated heterocycles. The van der Waals surface area contributed by atoms with Crippen LogP contribution in [0, 0.1) is 3.57 Å². The fourth-order valence-corrected chi connectivity index (χ4v) is 2.38. The van der Waals surface area contributed by atoms with Crippen LogP contribution < -0.4 is 0 Å². The Hall–Kier alpha value is -1.37. The summed E-state index contributed by atoms with van der Waals surface area (Å²) in [5.41, 5.74) is 1.79. The fraction of sp³-hybridized carbons (Fsp3) is 0.333. The molecule has 1 amide bonds. The molecule has 0 N–H and O–H groups in total. The minimum Gasteiger partial charge on any atom is -0.341 e. The second-order valence-corrected chi connectivity index (χ2v) is 5.98. The van der Waals surface area contributed by atoms with Gasteiger partial charge in [-0.2, -0.15) is 0 Å². The fourth-order valence-electron chi connectivity index (χ4n) is 2.02. The molecule has 0 saturated carbocycles. The average molecular weight is 383 g/mol. The van der Waals surface area contributed by atoms with Gasteiger partial charge >= 0.3 is 0 Å². The highest BCUT2D eigenvalue weighted by Gasteiger charge is 2.19. The summed E-state index contributed by atoms with van der Waals surface area (Å²) in [7, 11) is 1.80. The second kappa shape index (κ2) is 6.39. The highest BCUT2D eigenvalue weighted by atomic mass is 127. The number of amides is 1. The maximum Gasteiger partial charge on any atom is 0.271 e. The van der Waals surface area contributed by atoms with Crippen LogP contribution in [0.15, 0.2) is 36.8 Å². The zero-order valence-electron chi connectivity index (χ0n) is 11.9. The van der Waals surface area contributed by atoms with E-state index in [-0.39, 0.29) is 11.9 Å². The van der Waals surface area contributed by atoms with Gasteiger partial charge in [0.15, 0.2) is 0 Å². The number of hydrogen-bond acceptors (Lipinski definition) is 2. The summed E-state index contributed by atoms with van der Waals surface area (Å²) in [5.74, 6) is 0.00219. The Morgan fingerprint density at radius 1 is 1.40 bits per heavy atom. The van der Waals surface area contributed by atoms with E-state index in [2.05, 4.69) is 58.8 Å². The van der Waals surface area contributed by atoms with Crippen LogP contribution in [0.4, 0.5) is 0 Å². The lowest BCUT2D eigenvalue weighted by Gasteiger charge is -2.20. The Kier molecular flexibility index (Phi) is 4.80. The van der Waals surface area contributed by atoms with Gasteiger partial charge in [-0.05, 0) is 54.1 Å². The van der Waals surface area contributed by atoms with Gasteiger partial charge in [0.1, 0.15) is 5.69 Å². The summed E-state index contributed by atoms with van der Waals surface area (Å²) in [6.45, 7) is 4.72. The maximum absolute atomic E-state index is 12.3. The average Bonchev–Trinajstić information content (AvgIpc) is 2.95. The minimum atomic E-state index is 0.00219. The molecule has 0 bridgehead atoms. The van der Waals surface area contributed by atoms with Crippen LogP contribution in [0.5, 0.6) is 0 Å². The van der Waals surface area contributed by atoms with Crippen LogP contribution in [-0.4, -0.2) is 34.0 Å². The number of carbonyl (C=O) groups is 1. The molecular formula is C15H18IN3O. The quantitative estimate of drug-likeness (QED) is 0.761. The van der Waals surface area contributed by atoms with Crippen LogP contribution in [0.2, 0.25) is 0 Å². The van der Waals surface area contributed by atoms with E-state index in [1.54, 1.807) is 24.5 Å². The molecule has 0 spiro atoms. The Morgan fingerprint density at radius 2 is 2.05 bits per heavy atom. The zero-order chi connectivity index (χ0) is 14.7. The van der Waals surface area contributed by atoms with Gasteiger partial charge in [0.2, 0.25) is 0 Å². The molecule has 0 radical (unpaired) electrons. The molecule has 1 atom stereocenters. The summed E-state index contributed by atoms with van der Waals surface area (Å²) in [5, 5.41) is 0. The lowest BCUT2D eigenvalue weighted by atomic mass is 10.1. The van der Waals surface area contributed by atoms with Crippen molar-refractivity contribution >= 4 is 28.5 Å². The predicted octanol–water partition coefficient (Wildman–Crippen LogP) is 3.19. The molecule has 0 fully saturated rings. The molecule has 4 nitrogen and oxygen atoms in total. The van der Waals surface area contributed by atoms with E-state index in [9.17, 15) is 4.79 Å². The number of rotatable bonds is 4. The van der Waals surface area contributed by atoms with Gasteiger partial charge in [-0.25, -0.2) is 4.98 Å². The molecule has 5 heteroatoms. The van der Waals surface area contributed by atoms with Gasteiger partial charge in [-0.1, -0.05) is 12.1 Å². The van der Waals surface area contributed by atoms with Gasteiger partial charge in [0.25, 0.3) is 5.91 Å².